The molecule has 27 heavy (non-hydrogen) atoms. The molecular formula is C22H16ClN3O. The first kappa shape index (κ1) is 17.1. The topological polar surface area (TPSA) is 65.6 Å². The third kappa shape index (κ3) is 3.38. The van der Waals surface area contributed by atoms with Crippen LogP contribution in [0.1, 0.15) is 22.7 Å². The van der Waals surface area contributed by atoms with Crippen molar-refractivity contribution < 1.29 is 4.42 Å². The number of imidazole rings is 1. The van der Waals surface area contributed by atoms with Crippen LogP contribution in [0.3, 0.4) is 0 Å². The zero-order valence-corrected chi connectivity index (χ0v) is 15.6. The summed E-state index contributed by atoms with van der Waals surface area (Å²) in [6, 6.07) is 17.4. The fraction of sp³-hybridized carbons (Fsp3) is 0.0909. The van der Waals surface area contributed by atoms with Crippen molar-refractivity contribution in [2.75, 3.05) is 0 Å². The van der Waals surface area contributed by atoms with Crippen molar-refractivity contribution in [2.24, 2.45) is 0 Å². The Morgan fingerprint density at radius 2 is 1.85 bits per heavy atom. The third-order valence-electron chi connectivity index (χ3n) is 4.52. The van der Waals surface area contributed by atoms with Crippen molar-refractivity contribution in [3.63, 3.8) is 0 Å². The fourth-order valence-corrected chi connectivity index (χ4v) is 3.02. The van der Waals surface area contributed by atoms with E-state index < -0.39 is 0 Å². The number of nitrogens with one attached hydrogen (secondary N) is 1. The quantitative estimate of drug-likeness (QED) is 0.437. The number of halogens is 1. The number of fused-ring (bicyclic) bond motifs is 1. The van der Waals surface area contributed by atoms with Crippen LogP contribution in [-0.4, -0.2) is 9.97 Å². The molecule has 0 aliphatic carbocycles. The van der Waals surface area contributed by atoms with Gasteiger partial charge in [-0.05, 0) is 73.5 Å². The molecule has 0 saturated heterocycles. The maximum absolute atomic E-state index is 9.59. The molecule has 4 aromatic rings. The van der Waals surface area contributed by atoms with Crippen LogP contribution in [0.5, 0.6) is 0 Å². The smallest absolute Gasteiger partial charge is 0.149 e. The highest BCUT2D eigenvalue weighted by Gasteiger charge is 2.11. The van der Waals surface area contributed by atoms with E-state index in [-0.39, 0.29) is 0 Å². The average Bonchev–Trinajstić information content (AvgIpc) is 3.27. The monoisotopic (exact) mass is 373 g/mol. The number of hydrogen-bond acceptors (Lipinski definition) is 3. The van der Waals surface area contributed by atoms with Gasteiger partial charge < -0.3 is 9.40 Å². The second-order valence-electron chi connectivity index (χ2n) is 6.42. The molecule has 1 N–H and O–H groups in total. The molecule has 2 aromatic heterocycles. The van der Waals surface area contributed by atoms with Gasteiger partial charge in [0.05, 0.1) is 16.6 Å². The van der Waals surface area contributed by atoms with Crippen LogP contribution in [0, 0.1) is 25.2 Å². The summed E-state index contributed by atoms with van der Waals surface area (Å²) < 4.78 is 5.86. The number of H-pyrrole nitrogens is 1. The van der Waals surface area contributed by atoms with Crippen LogP contribution in [0.25, 0.3) is 34.0 Å². The Kier molecular flexibility index (Phi) is 4.31. The van der Waals surface area contributed by atoms with E-state index in [2.05, 4.69) is 23.0 Å². The molecule has 4 rings (SSSR count). The minimum absolute atomic E-state index is 0.415. The van der Waals surface area contributed by atoms with Gasteiger partial charge in [-0.15, -0.1) is 0 Å². The number of aromatic amines is 1. The molecule has 132 valence electrons. The lowest BCUT2D eigenvalue weighted by Gasteiger charge is -1.97. The Hall–Kier alpha value is -3.29. The number of rotatable bonds is 3. The van der Waals surface area contributed by atoms with Crippen LogP contribution < -0.4 is 0 Å². The van der Waals surface area contributed by atoms with Crippen LogP contribution in [-0.2, 0) is 0 Å². The number of hydrogen-bond donors (Lipinski definition) is 1. The molecule has 0 aliphatic heterocycles. The first-order chi connectivity index (χ1) is 13.0. The van der Waals surface area contributed by atoms with Crippen LogP contribution in [0.4, 0.5) is 0 Å². The molecule has 2 aromatic carbocycles. The van der Waals surface area contributed by atoms with Crippen molar-refractivity contribution in [3.8, 4) is 17.4 Å². The first-order valence-electron chi connectivity index (χ1n) is 8.48. The summed E-state index contributed by atoms with van der Waals surface area (Å²) in [5.41, 5.74) is 5.44. The highest BCUT2D eigenvalue weighted by atomic mass is 35.5. The number of furan rings is 1. The van der Waals surface area contributed by atoms with Gasteiger partial charge in [0.1, 0.15) is 23.4 Å². The van der Waals surface area contributed by atoms with Gasteiger partial charge in [-0.2, -0.15) is 5.26 Å². The molecule has 0 amide bonds. The van der Waals surface area contributed by atoms with Crippen LogP contribution in [0.2, 0.25) is 5.02 Å². The normalized spacial score (nSPS) is 11.7. The van der Waals surface area contributed by atoms with Crippen molar-refractivity contribution in [2.45, 2.75) is 13.8 Å². The van der Waals surface area contributed by atoms with Gasteiger partial charge in [0.2, 0.25) is 0 Å². The number of benzene rings is 2. The zero-order chi connectivity index (χ0) is 19.0. The summed E-state index contributed by atoms with van der Waals surface area (Å²) in [6.45, 7) is 4.10. The Morgan fingerprint density at radius 1 is 1.11 bits per heavy atom. The third-order valence-corrected chi connectivity index (χ3v) is 4.77. The van der Waals surface area contributed by atoms with Crippen LogP contribution >= 0.6 is 11.6 Å². The van der Waals surface area contributed by atoms with E-state index in [1.165, 1.54) is 11.1 Å². The van der Waals surface area contributed by atoms with Gasteiger partial charge in [-0.1, -0.05) is 11.6 Å². The minimum Gasteiger partial charge on any atom is -0.457 e. The highest BCUT2D eigenvalue weighted by Crippen LogP contribution is 2.26. The largest absolute Gasteiger partial charge is 0.457 e. The predicted molar refractivity (Wildman–Crippen MR) is 108 cm³/mol. The van der Waals surface area contributed by atoms with Crippen LogP contribution in [0.15, 0.2) is 52.9 Å². The summed E-state index contributed by atoms with van der Waals surface area (Å²) in [5.74, 6) is 1.83. The number of aromatic nitrogens is 2. The molecule has 0 aliphatic rings. The van der Waals surface area contributed by atoms with E-state index in [1.807, 2.05) is 55.5 Å². The number of nitriles is 1. The molecule has 0 spiro atoms. The Morgan fingerprint density at radius 3 is 2.59 bits per heavy atom. The van der Waals surface area contributed by atoms with Crippen molar-refractivity contribution in [1.82, 2.24) is 9.97 Å². The molecule has 0 atom stereocenters. The molecule has 0 bridgehead atoms. The summed E-state index contributed by atoms with van der Waals surface area (Å²) in [4.78, 5) is 7.78. The molecule has 0 radical (unpaired) electrons. The summed E-state index contributed by atoms with van der Waals surface area (Å²) in [7, 11) is 0. The number of nitrogens with zero attached hydrogens (tertiary/aromatic N) is 2. The van der Waals surface area contributed by atoms with E-state index in [9.17, 15) is 5.26 Å². The molecule has 0 fully saturated rings. The average molecular weight is 374 g/mol. The second-order valence-corrected chi connectivity index (χ2v) is 6.85. The van der Waals surface area contributed by atoms with Crippen molar-refractivity contribution in [3.05, 3.63) is 76.3 Å². The maximum Gasteiger partial charge on any atom is 0.149 e. The highest BCUT2D eigenvalue weighted by molar-refractivity contribution is 6.30. The summed E-state index contributed by atoms with van der Waals surface area (Å²) >= 11 is 5.93. The Bertz CT molecular complexity index is 1170. The van der Waals surface area contributed by atoms with E-state index >= 15 is 0 Å². The maximum atomic E-state index is 9.59. The van der Waals surface area contributed by atoms with E-state index in [1.54, 1.807) is 6.08 Å². The fourth-order valence-electron chi connectivity index (χ4n) is 2.89. The Labute approximate surface area is 161 Å². The molecule has 2 heterocycles. The van der Waals surface area contributed by atoms with Gasteiger partial charge in [0.15, 0.2) is 0 Å². The van der Waals surface area contributed by atoms with Gasteiger partial charge in [0.25, 0.3) is 0 Å². The van der Waals surface area contributed by atoms with E-state index in [4.69, 9.17) is 16.0 Å². The predicted octanol–water partition coefficient (Wildman–Crippen LogP) is 6.16. The molecule has 5 heteroatoms. The van der Waals surface area contributed by atoms with E-state index in [0.717, 1.165) is 16.6 Å². The SMILES string of the molecule is Cc1cc2nc(/C(C#N)=C/c3ccc(-c4ccc(Cl)cc4)o3)[nH]c2cc1C. The van der Waals surface area contributed by atoms with Gasteiger partial charge >= 0.3 is 0 Å². The van der Waals surface area contributed by atoms with E-state index in [0.29, 0.717) is 27.9 Å². The van der Waals surface area contributed by atoms with Gasteiger partial charge in [-0.3, -0.25) is 0 Å². The summed E-state index contributed by atoms with van der Waals surface area (Å²) in [6.07, 6.45) is 1.69. The second kappa shape index (κ2) is 6.79. The first-order valence-corrected chi connectivity index (χ1v) is 8.86. The van der Waals surface area contributed by atoms with Gasteiger partial charge in [-0.25, -0.2) is 4.98 Å². The number of aryl methyl sites for hydroxylation is 2. The lowest BCUT2D eigenvalue weighted by Crippen LogP contribution is -1.84. The molecule has 4 nitrogen and oxygen atoms in total. The minimum atomic E-state index is 0.415. The van der Waals surface area contributed by atoms with Crippen molar-refractivity contribution >= 4 is 34.3 Å². The van der Waals surface area contributed by atoms with Crippen molar-refractivity contribution in [1.29, 1.82) is 5.26 Å². The van der Waals surface area contributed by atoms with Gasteiger partial charge in [0, 0.05) is 16.7 Å². The molecule has 0 unspecified atom stereocenters. The number of allylic oxidation sites excluding steroid dienone is 1. The summed E-state index contributed by atoms with van der Waals surface area (Å²) in [5, 5.41) is 10.3. The standard InChI is InChI=1S/C22H16ClN3O/c1-13-9-19-20(10-14(13)2)26-22(25-19)16(12-24)11-18-7-8-21(27-18)15-3-5-17(23)6-4-15/h3-11H,1-2H3,(H,25,26)/b16-11+. The zero-order valence-electron chi connectivity index (χ0n) is 14.9. The lowest BCUT2D eigenvalue weighted by atomic mass is 10.1. The molecule has 0 saturated carbocycles. The molecular weight excluding hydrogens is 358 g/mol. The Balaban J connectivity index is 1.70. The lowest BCUT2D eigenvalue weighted by molar-refractivity contribution is 0.572.